The van der Waals surface area contributed by atoms with Crippen molar-refractivity contribution in [3.05, 3.63) is 29.3 Å². The van der Waals surface area contributed by atoms with Crippen LogP contribution in [0.4, 0.5) is 0 Å². The Kier molecular flexibility index (Phi) is 4.63. The molecule has 19 heavy (non-hydrogen) atoms. The van der Waals surface area contributed by atoms with E-state index in [0.29, 0.717) is 25.7 Å². The molecule has 1 aromatic rings. The highest BCUT2D eigenvalue weighted by Gasteiger charge is 2.11. The van der Waals surface area contributed by atoms with Gasteiger partial charge in [0.2, 0.25) is 0 Å². The molecule has 0 aliphatic carbocycles. The van der Waals surface area contributed by atoms with E-state index >= 15 is 0 Å². The molecule has 5 heteroatoms. The van der Waals surface area contributed by atoms with Crippen LogP contribution in [0.25, 0.3) is 0 Å². The zero-order valence-electron chi connectivity index (χ0n) is 11.6. The smallest absolute Gasteiger partial charge is 0.191 e. The summed E-state index contributed by atoms with van der Waals surface area (Å²) >= 11 is 0. The monoisotopic (exact) mass is 263 g/mol. The Hall–Kier alpha value is -1.75. The van der Waals surface area contributed by atoms with Crippen LogP contribution in [0.5, 0.6) is 5.75 Å². The third-order valence-corrected chi connectivity index (χ3v) is 3.23. The van der Waals surface area contributed by atoms with Crippen LogP contribution in [0.2, 0.25) is 0 Å². The molecule has 0 saturated carbocycles. The predicted octanol–water partition coefficient (Wildman–Crippen LogP) is 1.15. The number of nitrogens with two attached hydrogens (primary N) is 1. The van der Waals surface area contributed by atoms with Gasteiger partial charge in [-0.05, 0) is 24.1 Å². The van der Waals surface area contributed by atoms with Crippen LogP contribution < -0.4 is 10.5 Å². The first kappa shape index (κ1) is 13.7. The summed E-state index contributed by atoms with van der Waals surface area (Å²) in [6, 6.07) is 6.09. The molecule has 1 saturated heterocycles. The molecule has 2 N–H and O–H groups in total. The van der Waals surface area contributed by atoms with Gasteiger partial charge in [0.1, 0.15) is 5.75 Å². The summed E-state index contributed by atoms with van der Waals surface area (Å²) in [4.78, 5) is 6.48. The highest BCUT2D eigenvalue weighted by atomic mass is 16.5. The Balaban J connectivity index is 2.00. The van der Waals surface area contributed by atoms with Crippen molar-refractivity contribution in [2.75, 3.05) is 33.4 Å². The lowest BCUT2D eigenvalue weighted by atomic mass is 10.1. The third kappa shape index (κ3) is 3.61. The van der Waals surface area contributed by atoms with Crippen molar-refractivity contribution in [2.45, 2.75) is 13.5 Å². The molecule has 1 aliphatic heterocycles. The van der Waals surface area contributed by atoms with Gasteiger partial charge in [-0.15, -0.1) is 0 Å². The van der Waals surface area contributed by atoms with Gasteiger partial charge in [-0.25, -0.2) is 4.99 Å². The van der Waals surface area contributed by atoms with Crippen LogP contribution in [0.3, 0.4) is 0 Å². The molecule has 1 aliphatic rings. The average Bonchev–Trinajstić information content (AvgIpc) is 2.47. The number of methoxy groups -OCH3 is 1. The minimum Gasteiger partial charge on any atom is -0.496 e. The number of guanidine groups is 1. The first-order valence-electron chi connectivity index (χ1n) is 6.47. The molecular weight excluding hydrogens is 242 g/mol. The zero-order valence-corrected chi connectivity index (χ0v) is 11.6. The molecule has 0 amide bonds. The van der Waals surface area contributed by atoms with Gasteiger partial charge in [-0.3, -0.25) is 0 Å². The molecule has 0 spiro atoms. The van der Waals surface area contributed by atoms with Crippen molar-refractivity contribution >= 4 is 5.96 Å². The van der Waals surface area contributed by atoms with Crippen LogP contribution in [0.1, 0.15) is 11.1 Å². The van der Waals surface area contributed by atoms with Crippen molar-refractivity contribution in [3.8, 4) is 5.75 Å². The maximum atomic E-state index is 5.99. The summed E-state index contributed by atoms with van der Waals surface area (Å²) in [5, 5.41) is 0. The number of aryl methyl sites for hydroxylation is 1. The third-order valence-electron chi connectivity index (χ3n) is 3.23. The molecule has 2 rings (SSSR count). The maximum Gasteiger partial charge on any atom is 0.191 e. The van der Waals surface area contributed by atoms with E-state index in [1.54, 1.807) is 7.11 Å². The lowest BCUT2D eigenvalue weighted by Crippen LogP contribution is -2.44. The second kappa shape index (κ2) is 6.43. The van der Waals surface area contributed by atoms with Gasteiger partial charge < -0.3 is 20.1 Å². The van der Waals surface area contributed by atoms with Gasteiger partial charge in [0.25, 0.3) is 0 Å². The molecule has 0 unspecified atom stereocenters. The SMILES string of the molecule is COc1cc(CN=C(N)N2CCOCC2)ccc1C. The van der Waals surface area contributed by atoms with Crippen LogP contribution in [0.15, 0.2) is 23.2 Å². The summed E-state index contributed by atoms with van der Waals surface area (Å²) in [7, 11) is 1.68. The topological polar surface area (TPSA) is 60.1 Å². The summed E-state index contributed by atoms with van der Waals surface area (Å²) in [6.45, 7) is 5.65. The lowest BCUT2D eigenvalue weighted by molar-refractivity contribution is 0.0674. The van der Waals surface area contributed by atoms with Crippen LogP contribution in [-0.4, -0.2) is 44.3 Å². The normalized spacial score (nSPS) is 16.5. The number of morpholine rings is 1. The quantitative estimate of drug-likeness (QED) is 0.656. The van der Waals surface area contributed by atoms with E-state index in [2.05, 4.69) is 9.89 Å². The van der Waals surface area contributed by atoms with Gasteiger partial charge in [-0.2, -0.15) is 0 Å². The first-order valence-corrected chi connectivity index (χ1v) is 6.47. The molecular formula is C14H21N3O2. The first-order chi connectivity index (χ1) is 9.20. The molecule has 104 valence electrons. The van der Waals surface area contributed by atoms with Gasteiger partial charge >= 0.3 is 0 Å². The number of aliphatic imine (C=N–C) groups is 1. The standard InChI is InChI=1S/C14H21N3O2/c1-11-3-4-12(9-13(11)18-2)10-16-14(15)17-5-7-19-8-6-17/h3-4,9H,5-8,10H2,1-2H3,(H2,15,16). The van der Waals surface area contributed by atoms with Crippen molar-refractivity contribution < 1.29 is 9.47 Å². The number of ether oxygens (including phenoxy) is 2. The van der Waals surface area contributed by atoms with Gasteiger partial charge in [0.05, 0.1) is 26.9 Å². The highest BCUT2D eigenvalue weighted by Crippen LogP contribution is 2.19. The van der Waals surface area contributed by atoms with E-state index in [1.165, 1.54) is 0 Å². The fourth-order valence-corrected chi connectivity index (χ4v) is 2.03. The largest absolute Gasteiger partial charge is 0.496 e. The van der Waals surface area contributed by atoms with E-state index < -0.39 is 0 Å². The molecule has 1 heterocycles. The van der Waals surface area contributed by atoms with Crippen LogP contribution in [0, 0.1) is 6.92 Å². The van der Waals surface area contributed by atoms with E-state index in [9.17, 15) is 0 Å². The minimum absolute atomic E-state index is 0.569. The van der Waals surface area contributed by atoms with E-state index in [4.69, 9.17) is 15.2 Å². The lowest BCUT2D eigenvalue weighted by Gasteiger charge is -2.27. The summed E-state index contributed by atoms with van der Waals surface area (Å²) in [5.41, 5.74) is 8.20. The zero-order chi connectivity index (χ0) is 13.7. The second-order valence-electron chi connectivity index (χ2n) is 4.58. The Labute approximate surface area is 114 Å². The minimum atomic E-state index is 0.569. The summed E-state index contributed by atoms with van der Waals surface area (Å²) in [6.07, 6.45) is 0. The Morgan fingerprint density at radius 1 is 1.42 bits per heavy atom. The summed E-state index contributed by atoms with van der Waals surface area (Å²) in [5.74, 6) is 1.47. The Morgan fingerprint density at radius 3 is 2.84 bits per heavy atom. The number of rotatable bonds is 3. The number of hydrogen-bond donors (Lipinski definition) is 1. The van der Waals surface area contributed by atoms with Gasteiger partial charge in [-0.1, -0.05) is 12.1 Å². The molecule has 1 fully saturated rings. The Morgan fingerprint density at radius 2 is 2.16 bits per heavy atom. The molecule has 0 aromatic heterocycles. The molecule has 0 bridgehead atoms. The van der Waals surface area contributed by atoms with E-state index in [-0.39, 0.29) is 0 Å². The highest BCUT2D eigenvalue weighted by molar-refractivity contribution is 5.78. The molecule has 1 aromatic carbocycles. The number of benzene rings is 1. The molecule has 0 radical (unpaired) electrons. The van der Waals surface area contributed by atoms with Crippen molar-refractivity contribution in [2.24, 2.45) is 10.7 Å². The van der Waals surface area contributed by atoms with Gasteiger partial charge in [0, 0.05) is 13.1 Å². The van der Waals surface area contributed by atoms with Crippen molar-refractivity contribution in [3.63, 3.8) is 0 Å². The fraction of sp³-hybridized carbons (Fsp3) is 0.500. The second-order valence-corrected chi connectivity index (χ2v) is 4.58. The fourth-order valence-electron chi connectivity index (χ4n) is 2.03. The van der Waals surface area contributed by atoms with Crippen LogP contribution in [-0.2, 0) is 11.3 Å². The van der Waals surface area contributed by atoms with Crippen molar-refractivity contribution in [1.82, 2.24) is 4.90 Å². The number of hydrogen-bond acceptors (Lipinski definition) is 3. The van der Waals surface area contributed by atoms with E-state index in [0.717, 1.165) is 30.0 Å². The average molecular weight is 263 g/mol. The Bertz CT molecular complexity index is 454. The number of nitrogens with zero attached hydrogens (tertiary/aromatic N) is 2. The van der Waals surface area contributed by atoms with Gasteiger partial charge in [0.15, 0.2) is 5.96 Å². The van der Waals surface area contributed by atoms with Crippen molar-refractivity contribution in [1.29, 1.82) is 0 Å². The van der Waals surface area contributed by atoms with Crippen LogP contribution >= 0.6 is 0 Å². The van der Waals surface area contributed by atoms with E-state index in [1.807, 2.05) is 25.1 Å². The molecule has 5 nitrogen and oxygen atoms in total. The maximum absolute atomic E-state index is 5.99. The summed E-state index contributed by atoms with van der Waals surface area (Å²) < 4.78 is 10.6. The molecule has 0 atom stereocenters. The predicted molar refractivity (Wildman–Crippen MR) is 75.4 cm³/mol.